The molecule has 5 rings (SSSR count). The molecule has 4 aliphatic carbocycles. The topological polar surface area (TPSA) is 90.1 Å². The molecule has 7 nitrogen and oxygen atoms in total. The average Bonchev–Trinajstić information content (AvgIpc) is 2.97. The first kappa shape index (κ1) is 15.6. The summed E-state index contributed by atoms with van der Waals surface area (Å²) in [6, 6.07) is 0. The van der Waals surface area contributed by atoms with Crippen LogP contribution < -0.4 is 5.32 Å². The molecule has 0 aliphatic heterocycles. The highest BCUT2D eigenvalue weighted by atomic mass is 16.6. The number of rotatable bonds is 5. The first-order valence-electron chi connectivity index (χ1n) is 9.03. The molecule has 0 radical (unpaired) electrons. The molecule has 1 aromatic rings. The predicted octanol–water partition coefficient (Wildman–Crippen LogP) is 2.86. The van der Waals surface area contributed by atoms with Crippen LogP contribution in [-0.4, -0.2) is 27.2 Å². The summed E-state index contributed by atoms with van der Waals surface area (Å²) in [5.74, 6) is 1.72. The fourth-order valence-corrected chi connectivity index (χ4v) is 5.57. The molecular weight excluding hydrogens is 308 g/mol. The maximum absolute atomic E-state index is 12.3. The first-order valence-corrected chi connectivity index (χ1v) is 9.03. The van der Waals surface area contributed by atoms with Crippen LogP contribution in [-0.2, 0) is 5.54 Å². The van der Waals surface area contributed by atoms with Crippen molar-refractivity contribution in [3.8, 4) is 0 Å². The SMILES string of the molecule is CCCNC(=O)c1nn(C23CC4CC(CC(C4)C2)C3)cc1[N+](=O)[O-]. The fraction of sp³-hybridized carbons (Fsp3) is 0.765. The third-order valence-corrected chi connectivity index (χ3v) is 6.13. The maximum atomic E-state index is 12.3. The van der Waals surface area contributed by atoms with Crippen LogP contribution in [0.4, 0.5) is 5.69 Å². The van der Waals surface area contributed by atoms with E-state index in [9.17, 15) is 14.9 Å². The highest BCUT2D eigenvalue weighted by Gasteiger charge is 2.53. The van der Waals surface area contributed by atoms with Crippen molar-refractivity contribution < 1.29 is 9.72 Å². The Hall–Kier alpha value is -1.92. The van der Waals surface area contributed by atoms with Crippen LogP contribution in [0.2, 0.25) is 0 Å². The van der Waals surface area contributed by atoms with Crippen LogP contribution in [0.15, 0.2) is 6.20 Å². The van der Waals surface area contributed by atoms with Crippen LogP contribution in [0.3, 0.4) is 0 Å². The van der Waals surface area contributed by atoms with Crippen molar-refractivity contribution in [2.75, 3.05) is 6.54 Å². The van der Waals surface area contributed by atoms with Gasteiger partial charge in [0.1, 0.15) is 6.20 Å². The molecule has 4 saturated carbocycles. The number of nitro groups is 1. The second kappa shape index (κ2) is 5.57. The summed E-state index contributed by atoms with van der Waals surface area (Å²) in [5, 5.41) is 18.6. The van der Waals surface area contributed by atoms with E-state index in [1.54, 1.807) is 4.68 Å². The Morgan fingerprint density at radius 2 is 1.92 bits per heavy atom. The predicted molar refractivity (Wildman–Crippen MR) is 87.7 cm³/mol. The van der Waals surface area contributed by atoms with Gasteiger partial charge in [-0.1, -0.05) is 6.92 Å². The highest BCUT2D eigenvalue weighted by molar-refractivity contribution is 5.96. The van der Waals surface area contributed by atoms with Gasteiger partial charge in [0.2, 0.25) is 5.69 Å². The van der Waals surface area contributed by atoms with Gasteiger partial charge in [0.05, 0.1) is 10.5 Å². The lowest BCUT2D eigenvalue weighted by atomic mass is 9.53. The lowest BCUT2D eigenvalue weighted by Gasteiger charge is -2.56. The van der Waals surface area contributed by atoms with E-state index in [1.807, 2.05) is 6.92 Å². The van der Waals surface area contributed by atoms with Crippen molar-refractivity contribution in [1.82, 2.24) is 15.1 Å². The van der Waals surface area contributed by atoms with Gasteiger partial charge in [0.15, 0.2) is 0 Å². The normalized spacial score (nSPS) is 33.6. The minimum absolute atomic E-state index is 0.0378. The summed E-state index contributed by atoms with van der Waals surface area (Å²) in [6.07, 6.45) is 9.34. The van der Waals surface area contributed by atoms with Gasteiger partial charge in [-0.3, -0.25) is 19.6 Å². The lowest BCUT2D eigenvalue weighted by Crippen LogP contribution is -2.52. The molecule has 4 aliphatic rings. The molecule has 0 unspecified atom stereocenters. The Labute approximate surface area is 140 Å². The van der Waals surface area contributed by atoms with E-state index < -0.39 is 10.8 Å². The average molecular weight is 332 g/mol. The Balaban J connectivity index is 1.69. The van der Waals surface area contributed by atoms with E-state index in [1.165, 1.54) is 25.5 Å². The molecule has 0 spiro atoms. The smallest absolute Gasteiger partial charge is 0.320 e. The zero-order valence-electron chi connectivity index (χ0n) is 14.0. The molecule has 1 N–H and O–H groups in total. The molecular formula is C17H24N4O3. The number of nitrogens with zero attached hydrogens (tertiary/aromatic N) is 3. The number of carbonyl (C=O) groups excluding carboxylic acids is 1. The lowest BCUT2D eigenvalue weighted by molar-refractivity contribution is -0.385. The van der Waals surface area contributed by atoms with Gasteiger partial charge in [-0.15, -0.1) is 0 Å². The van der Waals surface area contributed by atoms with Crippen molar-refractivity contribution >= 4 is 11.6 Å². The number of carbonyl (C=O) groups is 1. The third-order valence-electron chi connectivity index (χ3n) is 6.13. The summed E-state index contributed by atoms with van der Waals surface area (Å²) >= 11 is 0. The van der Waals surface area contributed by atoms with E-state index in [0.717, 1.165) is 43.4 Å². The fourth-order valence-electron chi connectivity index (χ4n) is 5.57. The third kappa shape index (κ3) is 2.41. The molecule has 4 bridgehead atoms. The molecule has 1 heterocycles. The van der Waals surface area contributed by atoms with Crippen molar-refractivity contribution in [2.24, 2.45) is 17.8 Å². The zero-order valence-corrected chi connectivity index (χ0v) is 14.0. The quantitative estimate of drug-likeness (QED) is 0.663. The summed E-state index contributed by atoms with van der Waals surface area (Å²) in [5.41, 5.74) is -0.313. The van der Waals surface area contributed by atoms with Crippen molar-refractivity contribution in [1.29, 1.82) is 0 Å². The number of nitrogens with one attached hydrogen (secondary N) is 1. The van der Waals surface area contributed by atoms with Crippen molar-refractivity contribution in [3.63, 3.8) is 0 Å². The molecule has 0 aromatic carbocycles. The number of hydrogen-bond acceptors (Lipinski definition) is 4. The molecule has 0 atom stereocenters. The van der Waals surface area contributed by atoms with E-state index in [2.05, 4.69) is 10.4 Å². The zero-order chi connectivity index (χ0) is 16.9. The van der Waals surface area contributed by atoms with Crippen molar-refractivity contribution in [2.45, 2.75) is 57.4 Å². The second-order valence-electron chi connectivity index (χ2n) is 7.96. The van der Waals surface area contributed by atoms with Crippen LogP contribution in [0, 0.1) is 27.9 Å². The largest absolute Gasteiger partial charge is 0.350 e. The van der Waals surface area contributed by atoms with Gasteiger partial charge in [0.25, 0.3) is 5.91 Å². The minimum Gasteiger partial charge on any atom is -0.350 e. The van der Waals surface area contributed by atoms with Gasteiger partial charge >= 0.3 is 5.69 Å². The van der Waals surface area contributed by atoms with E-state index in [-0.39, 0.29) is 16.9 Å². The highest BCUT2D eigenvalue weighted by Crippen LogP contribution is 2.58. The Morgan fingerprint density at radius 1 is 1.33 bits per heavy atom. The summed E-state index contributed by atoms with van der Waals surface area (Å²) in [4.78, 5) is 23.2. The second-order valence-corrected chi connectivity index (χ2v) is 7.96. The van der Waals surface area contributed by atoms with E-state index in [4.69, 9.17) is 0 Å². The molecule has 130 valence electrons. The van der Waals surface area contributed by atoms with Crippen LogP contribution >= 0.6 is 0 Å². The number of amides is 1. The van der Waals surface area contributed by atoms with Gasteiger partial charge in [-0.05, 0) is 62.7 Å². The summed E-state index contributed by atoms with van der Waals surface area (Å²) in [6.45, 7) is 2.45. The molecule has 1 aromatic heterocycles. The van der Waals surface area contributed by atoms with Gasteiger partial charge in [-0.25, -0.2) is 0 Å². The van der Waals surface area contributed by atoms with E-state index >= 15 is 0 Å². The molecule has 24 heavy (non-hydrogen) atoms. The van der Waals surface area contributed by atoms with Gasteiger partial charge < -0.3 is 5.32 Å². The standard InChI is InChI=1S/C17H24N4O3/c1-2-3-18-16(22)15-14(21(23)24)10-20(19-15)17-7-11-4-12(8-17)6-13(5-11)9-17/h10-13H,2-9H2,1H3,(H,18,22). The number of hydrogen-bond donors (Lipinski definition) is 1. The summed E-state index contributed by atoms with van der Waals surface area (Å²) < 4.78 is 1.79. The monoisotopic (exact) mass is 332 g/mol. The molecule has 1 amide bonds. The Kier molecular flexibility index (Phi) is 3.62. The molecule has 7 heteroatoms. The van der Waals surface area contributed by atoms with Crippen LogP contribution in [0.25, 0.3) is 0 Å². The molecule has 0 saturated heterocycles. The minimum atomic E-state index is -0.481. The first-order chi connectivity index (χ1) is 11.5. The van der Waals surface area contributed by atoms with Crippen LogP contribution in [0.5, 0.6) is 0 Å². The van der Waals surface area contributed by atoms with Gasteiger partial charge in [0, 0.05) is 6.54 Å². The Bertz CT molecular complexity index is 646. The maximum Gasteiger partial charge on any atom is 0.320 e. The van der Waals surface area contributed by atoms with Crippen LogP contribution in [0.1, 0.15) is 62.4 Å². The molecule has 4 fully saturated rings. The van der Waals surface area contributed by atoms with E-state index in [0.29, 0.717) is 6.54 Å². The number of aromatic nitrogens is 2. The summed E-state index contributed by atoms with van der Waals surface area (Å²) in [7, 11) is 0. The van der Waals surface area contributed by atoms with Crippen molar-refractivity contribution in [3.05, 3.63) is 22.0 Å². The van der Waals surface area contributed by atoms with Gasteiger partial charge in [-0.2, -0.15) is 5.10 Å². The Morgan fingerprint density at radius 3 is 2.42 bits per heavy atom.